The van der Waals surface area contributed by atoms with Crippen LogP contribution in [0.15, 0.2) is 12.7 Å². The molecule has 0 heterocycles. The van der Waals surface area contributed by atoms with Crippen molar-refractivity contribution in [3.05, 3.63) is 12.7 Å². The van der Waals surface area contributed by atoms with Gasteiger partial charge in [-0.3, -0.25) is 0 Å². The zero-order valence-corrected chi connectivity index (χ0v) is 5.68. The van der Waals surface area contributed by atoms with E-state index in [2.05, 4.69) is 6.58 Å². The summed E-state index contributed by atoms with van der Waals surface area (Å²) in [7, 11) is -1.15. The fourth-order valence-corrected chi connectivity index (χ4v) is 0.527. The maximum Gasteiger partial charge on any atom is 0.301 e. The van der Waals surface area contributed by atoms with Gasteiger partial charge in [0.25, 0.3) is 0 Å². The first kappa shape index (κ1) is 6.88. The van der Waals surface area contributed by atoms with Crippen LogP contribution in [0.1, 0.15) is 6.42 Å². The minimum Gasteiger partial charge on any atom is -0.415 e. The van der Waals surface area contributed by atoms with Gasteiger partial charge >= 0.3 is 10.0 Å². The minimum absolute atomic E-state index is 0.631. The Labute approximate surface area is 45.9 Å². The molecule has 0 aromatic rings. The highest BCUT2D eigenvalue weighted by Crippen LogP contribution is 1.77. The molecular formula is C4H10O2Si. The van der Waals surface area contributed by atoms with Crippen LogP contribution in [0, 0.1) is 0 Å². The fourth-order valence-electron chi connectivity index (χ4n) is 0.231. The van der Waals surface area contributed by atoms with Crippen LogP contribution in [0.5, 0.6) is 0 Å². The summed E-state index contributed by atoms with van der Waals surface area (Å²) in [4.78, 5) is 8.18. The van der Waals surface area contributed by atoms with Crippen molar-refractivity contribution in [1.29, 1.82) is 0 Å². The van der Waals surface area contributed by atoms with Crippen molar-refractivity contribution >= 4 is 10.0 Å². The molecule has 0 unspecified atom stereocenters. The Morgan fingerprint density at radius 3 is 3.00 bits per heavy atom. The standard InChI is InChI=1S/C4H10O2Si/c1-2-3-4-6-7-5/h2,5H,1,3-4,7H2. The largest absolute Gasteiger partial charge is 0.415 e. The summed E-state index contributed by atoms with van der Waals surface area (Å²) in [6.45, 7) is 4.12. The Balaban J connectivity index is 2.56. The van der Waals surface area contributed by atoms with Gasteiger partial charge in [0.2, 0.25) is 0 Å². The van der Waals surface area contributed by atoms with Gasteiger partial charge in [0.05, 0.1) is 0 Å². The van der Waals surface area contributed by atoms with Crippen molar-refractivity contribution in [3.63, 3.8) is 0 Å². The van der Waals surface area contributed by atoms with Crippen molar-refractivity contribution < 1.29 is 9.22 Å². The van der Waals surface area contributed by atoms with Crippen molar-refractivity contribution in [2.75, 3.05) is 6.61 Å². The van der Waals surface area contributed by atoms with E-state index in [1.54, 1.807) is 6.08 Å². The third-order valence-corrected chi connectivity index (χ3v) is 1.03. The molecular weight excluding hydrogens is 108 g/mol. The van der Waals surface area contributed by atoms with Crippen LogP contribution in [-0.4, -0.2) is 21.4 Å². The Morgan fingerprint density at radius 2 is 2.57 bits per heavy atom. The molecule has 3 heteroatoms. The molecule has 0 fully saturated rings. The summed E-state index contributed by atoms with van der Waals surface area (Å²) in [6, 6.07) is 0. The van der Waals surface area contributed by atoms with Gasteiger partial charge in [-0.15, -0.1) is 6.58 Å². The van der Waals surface area contributed by atoms with Crippen LogP contribution >= 0.6 is 0 Å². The van der Waals surface area contributed by atoms with Gasteiger partial charge in [0.15, 0.2) is 0 Å². The normalized spacial score (nSPS) is 10.4. The number of rotatable bonds is 4. The minimum atomic E-state index is -1.15. The van der Waals surface area contributed by atoms with Crippen LogP contribution in [0.2, 0.25) is 0 Å². The molecule has 7 heavy (non-hydrogen) atoms. The van der Waals surface area contributed by atoms with Gasteiger partial charge in [-0.1, -0.05) is 6.08 Å². The predicted molar refractivity (Wildman–Crippen MR) is 31.5 cm³/mol. The molecule has 42 valence electrons. The number of hydrogen-bond donors (Lipinski definition) is 1. The van der Waals surface area contributed by atoms with Crippen LogP contribution < -0.4 is 0 Å². The molecule has 0 aromatic heterocycles. The summed E-state index contributed by atoms with van der Waals surface area (Å²) in [5, 5.41) is 0. The highest BCUT2D eigenvalue weighted by atomic mass is 28.2. The van der Waals surface area contributed by atoms with E-state index in [0.29, 0.717) is 6.61 Å². The average Bonchev–Trinajstić information content (AvgIpc) is 1.69. The molecule has 0 aliphatic heterocycles. The second-order valence-corrected chi connectivity index (χ2v) is 1.78. The average molecular weight is 118 g/mol. The maximum atomic E-state index is 8.18. The second-order valence-electron chi connectivity index (χ2n) is 1.11. The van der Waals surface area contributed by atoms with E-state index in [0.717, 1.165) is 6.42 Å². The van der Waals surface area contributed by atoms with E-state index in [-0.39, 0.29) is 0 Å². The first-order valence-electron chi connectivity index (χ1n) is 2.21. The second kappa shape index (κ2) is 5.88. The van der Waals surface area contributed by atoms with Crippen molar-refractivity contribution in [2.24, 2.45) is 0 Å². The van der Waals surface area contributed by atoms with Gasteiger partial charge < -0.3 is 9.22 Å². The lowest BCUT2D eigenvalue weighted by Gasteiger charge is -1.91. The third kappa shape index (κ3) is 5.88. The topological polar surface area (TPSA) is 29.5 Å². The smallest absolute Gasteiger partial charge is 0.301 e. The molecule has 0 spiro atoms. The molecule has 0 bridgehead atoms. The van der Waals surface area contributed by atoms with Gasteiger partial charge in [-0.05, 0) is 6.42 Å². The molecule has 0 saturated heterocycles. The molecule has 1 N–H and O–H groups in total. The molecule has 0 aliphatic carbocycles. The van der Waals surface area contributed by atoms with Crippen LogP contribution in [0.4, 0.5) is 0 Å². The first-order chi connectivity index (χ1) is 3.41. The van der Waals surface area contributed by atoms with E-state index < -0.39 is 10.0 Å². The first-order valence-corrected chi connectivity index (χ1v) is 3.42. The lowest BCUT2D eigenvalue weighted by Crippen LogP contribution is -1.96. The van der Waals surface area contributed by atoms with Crippen LogP contribution in [0.3, 0.4) is 0 Å². The third-order valence-electron chi connectivity index (χ3n) is 0.558. The lowest BCUT2D eigenvalue weighted by molar-refractivity contribution is 0.290. The highest BCUT2D eigenvalue weighted by Gasteiger charge is 1.77. The molecule has 0 atom stereocenters. The summed E-state index contributed by atoms with van der Waals surface area (Å²) in [5.41, 5.74) is 0. The van der Waals surface area contributed by atoms with E-state index in [1.807, 2.05) is 0 Å². The highest BCUT2D eigenvalue weighted by molar-refractivity contribution is 6.15. The summed E-state index contributed by atoms with van der Waals surface area (Å²) < 4.78 is 4.70. The molecule has 2 nitrogen and oxygen atoms in total. The molecule has 0 aromatic carbocycles. The van der Waals surface area contributed by atoms with Gasteiger partial charge in [0.1, 0.15) is 0 Å². The molecule has 0 amide bonds. The summed E-state index contributed by atoms with van der Waals surface area (Å²) in [5.74, 6) is 0. The van der Waals surface area contributed by atoms with Crippen molar-refractivity contribution in [3.8, 4) is 0 Å². The van der Waals surface area contributed by atoms with Crippen molar-refractivity contribution in [2.45, 2.75) is 6.42 Å². The number of hydrogen-bond acceptors (Lipinski definition) is 2. The Hall–Kier alpha value is -0.123. The Morgan fingerprint density at radius 1 is 1.86 bits per heavy atom. The summed E-state index contributed by atoms with van der Waals surface area (Å²) in [6.07, 6.45) is 2.61. The van der Waals surface area contributed by atoms with E-state index in [4.69, 9.17) is 9.22 Å². The maximum absolute atomic E-state index is 8.18. The lowest BCUT2D eigenvalue weighted by atomic mass is 10.5. The van der Waals surface area contributed by atoms with E-state index in [1.165, 1.54) is 0 Å². The monoisotopic (exact) mass is 118 g/mol. The van der Waals surface area contributed by atoms with E-state index in [9.17, 15) is 0 Å². The zero-order chi connectivity index (χ0) is 5.54. The van der Waals surface area contributed by atoms with Crippen LogP contribution in [-0.2, 0) is 4.43 Å². The Kier molecular flexibility index (Phi) is 5.77. The van der Waals surface area contributed by atoms with E-state index >= 15 is 0 Å². The Bertz CT molecular complexity index is 47.0. The fraction of sp³-hybridized carbons (Fsp3) is 0.500. The summed E-state index contributed by atoms with van der Waals surface area (Å²) >= 11 is 0. The molecule has 0 saturated carbocycles. The van der Waals surface area contributed by atoms with Gasteiger partial charge in [0, 0.05) is 6.61 Å². The zero-order valence-electron chi connectivity index (χ0n) is 4.26. The van der Waals surface area contributed by atoms with Crippen LogP contribution in [0.25, 0.3) is 0 Å². The quantitative estimate of drug-likeness (QED) is 0.308. The predicted octanol–water partition coefficient (Wildman–Crippen LogP) is -0.430. The van der Waals surface area contributed by atoms with Crippen molar-refractivity contribution in [1.82, 2.24) is 0 Å². The molecule has 0 rings (SSSR count). The SMILES string of the molecule is C=CCCO[SiH2]O. The molecule has 0 aliphatic rings. The molecule has 0 radical (unpaired) electrons. The van der Waals surface area contributed by atoms with Gasteiger partial charge in [-0.2, -0.15) is 0 Å². The van der Waals surface area contributed by atoms with Gasteiger partial charge in [-0.25, -0.2) is 0 Å².